The van der Waals surface area contributed by atoms with Gasteiger partial charge < -0.3 is 0 Å². The third kappa shape index (κ3) is 4.17. The predicted molar refractivity (Wildman–Crippen MR) is 92.4 cm³/mol. The Kier molecular flexibility index (Phi) is 5.16. The minimum atomic E-state index is 0.247. The van der Waals surface area contributed by atoms with Crippen molar-refractivity contribution < 1.29 is 0 Å². The molecule has 0 aliphatic carbocycles. The van der Waals surface area contributed by atoms with E-state index < -0.39 is 0 Å². The molecule has 0 aliphatic heterocycles. The lowest BCUT2D eigenvalue weighted by Crippen LogP contribution is -2.01. The summed E-state index contributed by atoms with van der Waals surface area (Å²) in [4.78, 5) is 12.0. The van der Waals surface area contributed by atoms with E-state index in [4.69, 9.17) is 11.6 Å². The summed E-state index contributed by atoms with van der Waals surface area (Å²) in [5, 5.41) is 13.0. The standard InChI is InChI=1S/C16H12ClN7/c17-13-4-1-2-5-14(13)21-22-15(12-6-10-18-11-7-12)23-24-16-19-8-3-9-20-16/h1-11,21H/b22-15-,24-23?. The second-order valence-electron chi connectivity index (χ2n) is 4.51. The Morgan fingerprint density at radius 1 is 0.917 bits per heavy atom. The number of rotatable bonds is 4. The maximum Gasteiger partial charge on any atom is 0.268 e. The molecule has 1 N–H and O–H groups in total. The van der Waals surface area contributed by atoms with Gasteiger partial charge in [-0.05, 0) is 30.3 Å². The number of halogens is 1. The highest BCUT2D eigenvalue weighted by molar-refractivity contribution is 6.33. The lowest BCUT2D eigenvalue weighted by molar-refractivity contribution is 1.07. The van der Waals surface area contributed by atoms with E-state index in [9.17, 15) is 0 Å². The number of hydrazone groups is 1. The molecule has 0 spiro atoms. The van der Waals surface area contributed by atoms with E-state index in [1.165, 1.54) is 0 Å². The van der Waals surface area contributed by atoms with Crippen molar-refractivity contribution >= 4 is 29.1 Å². The fraction of sp³-hybridized carbons (Fsp3) is 0. The van der Waals surface area contributed by atoms with E-state index in [1.807, 2.05) is 18.2 Å². The summed E-state index contributed by atoms with van der Waals surface area (Å²) in [7, 11) is 0. The van der Waals surface area contributed by atoms with Gasteiger partial charge >= 0.3 is 0 Å². The van der Waals surface area contributed by atoms with Crippen LogP contribution in [-0.2, 0) is 0 Å². The van der Waals surface area contributed by atoms with Crippen molar-refractivity contribution in [3.8, 4) is 0 Å². The minimum absolute atomic E-state index is 0.247. The number of benzene rings is 1. The maximum atomic E-state index is 6.11. The molecule has 8 heteroatoms. The topological polar surface area (TPSA) is 87.8 Å². The molecule has 0 atom stereocenters. The van der Waals surface area contributed by atoms with Gasteiger partial charge in [0, 0.05) is 30.4 Å². The number of amidine groups is 1. The van der Waals surface area contributed by atoms with Gasteiger partial charge in [-0.15, -0.1) is 10.2 Å². The maximum absolute atomic E-state index is 6.11. The summed E-state index contributed by atoms with van der Waals surface area (Å²) < 4.78 is 0. The highest BCUT2D eigenvalue weighted by Gasteiger charge is 2.04. The first-order valence-corrected chi connectivity index (χ1v) is 7.38. The first-order chi connectivity index (χ1) is 11.8. The number of nitrogens with one attached hydrogen (secondary N) is 1. The quantitative estimate of drug-likeness (QED) is 0.336. The normalized spacial score (nSPS) is 11.6. The molecule has 0 aliphatic rings. The van der Waals surface area contributed by atoms with E-state index in [0.717, 1.165) is 5.56 Å². The zero-order valence-corrected chi connectivity index (χ0v) is 13.2. The van der Waals surface area contributed by atoms with E-state index in [0.29, 0.717) is 16.5 Å². The molecule has 0 fully saturated rings. The molecule has 2 heterocycles. The van der Waals surface area contributed by atoms with Crippen LogP contribution in [0.3, 0.4) is 0 Å². The Bertz CT molecular complexity index is 851. The molecule has 7 nitrogen and oxygen atoms in total. The molecular formula is C16H12ClN7. The van der Waals surface area contributed by atoms with Gasteiger partial charge in [-0.3, -0.25) is 10.4 Å². The van der Waals surface area contributed by atoms with Crippen molar-refractivity contribution in [2.75, 3.05) is 5.43 Å². The van der Waals surface area contributed by atoms with Crippen LogP contribution < -0.4 is 5.43 Å². The first-order valence-electron chi connectivity index (χ1n) is 7.00. The largest absolute Gasteiger partial charge is 0.275 e. The van der Waals surface area contributed by atoms with E-state index in [1.54, 1.807) is 49.1 Å². The van der Waals surface area contributed by atoms with Crippen LogP contribution in [0.25, 0.3) is 0 Å². The number of pyridine rings is 1. The smallest absolute Gasteiger partial charge is 0.268 e. The van der Waals surface area contributed by atoms with Crippen LogP contribution in [0.4, 0.5) is 11.6 Å². The lowest BCUT2D eigenvalue weighted by atomic mass is 10.2. The monoisotopic (exact) mass is 337 g/mol. The SMILES string of the molecule is Clc1ccccc1N/N=C(\N=Nc1ncccn1)c1ccncc1. The van der Waals surface area contributed by atoms with Gasteiger partial charge in [-0.25, -0.2) is 9.97 Å². The Balaban J connectivity index is 1.89. The number of para-hydroxylation sites is 1. The van der Waals surface area contributed by atoms with Crippen LogP contribution in [0.15, 0.2) is 82.6 Å². The van der Waals surface area contributed by atoms with Crippen LogP contribution in [-0.4, -0.2) is 20.8 Å². The first kappa shape index (κ1) is 15.7. The van der Waals surface area contributed by atoms with Gasteiger partial charge in [0.15, 0.2) is 0 Å². The van der Waals surface area contributed by atoms with E-state index in [-0.39, 0.29) is 5.95 Å². The second kappa shape index (κ2) is 7.89. The van der Waals surface area contributed by atoms with Crippen LogP contribution in [0.1, 0.15) is 5.56 Å². The Morgan fingerprint density at radius 2 is 1.67 bits per heavy atom. The van der Waals surface area contributed by atoms with Gasteiger partial charge in [-0.1, -0.05) is 23.7 Å². The third-order valence-corrected chi connectivity index (χ3v) is 3.21. The fourth-order valence-electron chi connectivity index (χ4n) is 1.75. The van der Waals surface area contributed by atoms with Crippen molar-refractivity contribution in [2.45, 2.75) is 0 Å². The van der Waals surface area contributed by atoms with Gasteiger partial charge in [0.2, 0.25) is 5.84 Å². The number of anilines is 1. The summed E-state index contributed by atoms with van der Waals surface area (Å²) >= 11 is 6.11. The Labute approximate surface area is 143 Å². The number of nitrogens with zero attached hydrogens (tertiary/aromatic N) is 6. The van der Waals surface area contributed by atoms with Crippen molar-refractivity contribution in [3.05, 3.63) is 77.8 Å². The molecule has 0 saturated heterocycles. The average molecular weight is 338 g/mol. The van der Waals surface area contributed by atoms with Gasteiger partial charge in [0.25, 0.3) is 5.95 Å². The number of hydrogen-bond donors (Lipinski definition) is 1. The Hall–Kier alpha value is -3.19. The summed E-state index contributed by atoms with van der Waals surface area (Å²) in [6.45, 7) is 0. The van der Waals surface area contributed by atoms with Crippen molar-refractivity contribution in [1.29, 1.82) is 0 Å². The van der Waals surface area contributed by atoms with E-state index in [2.05, 4.69) is 35.7 Å². The number of azo groups is 1. The molecule has 0 amide bonds. The summed E-state index contributed by atoms with van der Waals surface area (Å²) in [6, 6.07) is 12.5. The van der Waals surface area contributed by atoms with Gasteiger partial charge in [0.1, 0.15) is 0 Å². The van der Waals surface area contributed by atoms with Crippen molar-refractivity contribution in [3.63, 3.8) is 0 Å². The third-order valence-electron chi connectivity index (χ3n) is 2.88. The van der Waals surface area contributed by atoms with Crippen LogP contribution >= 0.6 is 11.6 Å². The highest BCUT2D eigenvalue weighted by Crippen LogP contribution is 2.20. The Morgan fingerprint density at radius 3 is 2.42 bits per heavy atom. The van der Waals surface area contributed by atoms with Gasteiger partial charge in [0.05, 0.1) is 10.7 Å². The molecule has 0 saturated carbocycles. The molecule has 1 aromatic carbocycles. The average Bonchev–Trinajstić information content (AvgIpc) is 2.65. The van der Waals surface area contributed by atoms with Crippen LogP contribution in [0.2, 0.25) is 5.02 Å². The molecule has 0 bridgehead atoms. The number of aromatic nitrogens is 3. The number of hydrogen-bond acceptors (Lipinski definition) is 6. The molecule has 3 rings (SSSR count). The molecule has 0 radical (unpaired) electrons. The molecular weight excluding hydrogens is 326 g/mol. The molecule has 118 valence electrons. The van der Waals surface area contributed by atoms with Crippen molar-refractivity contribution in [1.82, 2.24) is 15.0 Å². The molecule has 3 aromatic rings. The fourth-order valence-corrected chi connectivity index (χ4v) is 1.92. The lowest BCUT2D eigenvalue weighted by Gasteiger charge is -2.04. The summed E-state index contributed by atoms with van der Waals surface area (Å²) in [6.07, 6.45) is 6.48. The summed E-state index contributed by atoms with van der Waals surface area (Å²) in [5.41, 5.74) is 4.29. The van der Waals surface area contributed by atoms with Crippen LogP contribution in [0, 0.1) is 0 Å². The molecule has 0 unspecified atom stereocenters. The summed E-state index contributed by atoms with van der Waals surface area (Å²) in [5.74, 6) is 0.599. The zero-order chi connectivity index (χ0) is 16.6. The van der Waals surface area contributed by atoms with Crippen molar-refractivity contribution in [2.24, 2.45) is 15.3 Å². The van der Waals surface area contributed by atoms with Gasteiger partial charge in [-0.2, -0.15) is 5.10 Å². The molecule has 24 heavy (non-hydrogen) atoms. The predicted octanol–water partition coefficient (Wildman–Crippen LogP) is 4.08. The highest BCUT2D eigenvalue weighted by atomic mass is 35.5. The zero-order valence-electron chi connectivity index (χ0n) is 12.4. The minimum Gasteiger partial charge on any atom is -0.275 e. The molecule has 2 aromatic heterocycles. The van der Waals surface area contributed by atoms with Crippen LogP contribution in [0.5, 0.6) is 0 Å². The van der Waals surface area contributed by atoms with E-state index >= 15 is 0 Å². The second-order valence-corrected chi connectivity index (χ2v) is 4.92.